The van der Waals surface area contributed by atoms with Gasteiger partial charge in [-0.05, 0) is 24.6 Å². The van der Waals surface area contributed by atoms with Crippen LogP contribution in [0.4, 0.5) is 0 Å². The van der Waals surface area contributed by atoms with Crippen LogP contribution in [0.2, 0.25) is 0 Å². The van der Waals surface area contributed by atoms with Gasteiger partial charge in [0.2, 0.25) is 0 Å². The van der Waals surface area contributed by atoms with Crippen molar-refractivity contribution in [3.8, 4) is 11.5 Å². The maximum Gasteiger partial charge on any atom is 0.189 e. The van der Waals surface area contributed by atoms with Gasteiger partial charge >= 0.3 is 0 Å². The highest BCUT2D eigenvalue weighted by atomic mass is 16.5. The Kier molecular flexibility index (Phi) is 4.40. The predicted molar refractivity (Wildman–Crippen MR) is 75.5 cm³/mol. The van der Waals surface area contributed by atoms with Crippen molar-refractivity contribution in [2.45, 2.75) is 19.9 Å². The van der Waals surface area contributed by atoms with Crippen LogP contribution in [-0.2, 0) is 13.0 Å². The number of carbonyl (C=O) groups is 1. The fourth-order valence-corrected chi connectivity index (χ4v) is 2.09. The summed E-state index contributed by atoms with van der Waals surface area (Å²) in [6.45, 7) is 2.57. The van der Waals surface area contributed by atoms with Crippen molar-refractivity contribution in [1.82, 2.24) is 9.78 Å². The third-order valence-corrected chi connectivity index (χ3v) is 3.09. The summed E-state index contributed by atoms with van der Waals surface area (Å²) in [7, 11) is 3.15. The molecule has 106 valence electrons. The summed E-state index contributed by atoms with van der Waals surface area (Å²) in [5, 5.41) is 4.15. The molecule has 0 fully saturated rings. The quantitative estimate of drug-likeness (QED) is 0.759. The Morgan fingerprint density at radius 3 is 2.75 bits per heavy atom. The first-order chi connectivity index (χ1) is 9.69. The summed E-state index contributed by atoms with van der Waals surface area (Å²) in [6, 6.07) is 7.48. The molecule has 0 spiro atoms. The molecule has 2 rings (SSSR count). The molecule has 2 aromatic rings. The second-order valence-electron chi connectivity index (χ2n) is 4.33. The number of aryl methyl sites for hydroxylation is 1. The first-order valence-corrected chi connectivity index (χ1v) is 6.45. The van der Waals surface area contributed by atoms with Crippen molar-refractivity contribution in [1.29, 1.82) is 0 Å². The zero-order chi connectivity index (χ0) is 14.5. The first kappa shape index (κ1) is 14.1. The van der Waals surface area contributed by atoms with Crippen LogP contribution in [0.5, 0.6) is 11.5 Å². The molecule has 0 N–H and O–H groups in total. The van der Waals surface area contributed by atoms with E-state index in [1.807, 2.05) is 31.2 Å². The van der Waals surface area contributed by atoms with E-state index in [2.05, 4.69) is 5.10 Å². The number of ether oxygens (including phenoxy) is 2. The van der Waals surface area contributed by atoms with Gasteiger partial charge in [-0.25, -0.2) is 0 Å². The van der Waals surface area contributed by atoms with E-state index in [1.165, 1.54) is 0 Å². The molecule has 0 radical (unpaired) electrons. The normalized spacial score (nSPS) is 10.3. The first-order valence-electron chi connectivity index (χ1n) is 6.45. The topological polar surface area (TPSA) is 53.4 Å². The van der Waals surface area contributed by atoms with Gasteiger partial charge < -0.3 is 9.47 Å². The van der Waals surface area contributed by atoms with Gasteiger partial charge in [-0.3, -0.25) is 9.48 Å². The molecule has 1 heterocycles. The number of aromatic nitrogens is 2. The van der Waals surface area contributed by atoms with E-state index >= 15 is 0 Å². The minimum atomic E-state index is -0.0190. The Hall–Kier alpha value is -2.30. The van der Waals surface area contributed by atoms with E-state index in [4.69, 9.17) is 9.47 Å². The van der Waals surface area contributed by atoms with Gasteiger partial charge in [-0.2, -0.15) is 5.10 Å². The number of methoxy groups -OCH3 is 2. The van der Waals surface area contributed by atoms with E-state index < -0.39 is 0 Å². The van der Waals surface area contributed by atoms with Crippen molar-refractivity contribution in [2.75, 3.05) is 14.2 Å². The average molecular weight is 274 g/mol. The molecule has 0 aliphatic rings. The molecule has 5 nitrogen and oxygen atoms in total. The molecule has 0 unspecified atom stereocenters. The van der Waals surface area contributed by atoms with Gasteiger partial charge in [0, 0.05) is 13.0 Å². The second-order valence-corrected chi connectivity index (χ2v) is 4.33. The SMILES string of the molecule is CCn1ncc(OC)c1C(=O)Cc1cccc(OC)c1. The fourth-order valence-electron chi connectivity index (χ4n) is 2.09. The summed E-state index contributed by atoms with van der Waals surface area (Å²) in [6.07, 6.45) is 1.86. The third-order valence-electron chi connectivity index (χ3n) is 3.09. The number of benzene rings is 1. The van der Waals surface area contributed by atoms with E-state index in [0.717, 1.165) is 11.3 Å². The van der Waals surface area contributed by atoms with Gasteiger partial charge in [0.15, 0.2) is 11.5 Å². The van der Waals surface area contributed by atoms with Crippen LogP contribution in [0, 0.1) is 0 Å². The number of ketones is 1. The Labute approximate surface area is 118 Å². The maximum atomic E-state index is 12.5. The number of hydrogen-bond donors (Lipinski definition) is 0. The standard InChI is InChI=1S/C15H18N2O3/c1-4-17-15(14(20-3)10-16-17)13(18)9-11-6-5-7-12(8-11)19-2/h5-8,10H,4,9H2,1-3H3. The Bertz CT molecular complexity index is 583. The lowest BCUT2D eigenvalue weighted by atomic mass is 10.1. The zero-order valence-corrected chi connectivity index (χ0v) is 11.9. The number of carbonyl (C=O) groups excluding carboxylic acids is 1. The largest absolute Gasteiger partial charge is 0.497 e. The smallest absolute Gasteiger partial charge is 0.189 e. The van der Waals surface area contributed by atoms with Crippen molar-refractivity contribution >= 4 is 5.78 Å². The van der Waals surface area contributed by atoms with E-state index in [9.17, 15) is 4.79 Å². The van der Waals surface area contributed by atoms with Gasteiger partial charge in [0.1, 0.15) is 11.4 Å². The molecule has 0 saturated heterocycles. The van der Waals surface area contributed by atoms with Crippen LogP contribution < -0.4 is 9.47 Å². The Balaban J connectivity index is 2.25. The van der Waals surface area contributed by atoms with Crippen LogP contribution in [0.15, 0.2) is 30.5 Å². The minimum absolute atomic E-state index is 0.0190. The van der Waals surface area contributed by atoms with Crippen molar-refractivity contribution in [2.24, 2.45) is 0 Å². The number of hydrogen-bond acceptors (Lipinski definition) is 4. The van der Waals surface area contributed by atoms with Crippen LogP contribution in [0.25, 0.3) is 0 Å². The molecule has 0 amide bonds. The van der Waals surface area contributed by atoms with E-state index in [-0.39, 0.29) is 5.78 Å². The maximum absolute atomic E-state index is 12.5. The second kappa shape index (κ2) is 6.23. The van der Waals surface area contributed by atoms with Crippen molar-refractivity contribution in [3.63, 3.8) is 0 Å². The fraction of sp³-hybridized carbons (Fsp3) is 0.333. The number of nitrogens with zero attached hydrogens (tertiary/aromatic N) is 2. The van der Waals surface area contributed by atoms with Gasteiger partial charge in [0.05, 0.1) is 20.4 Å². The third kappa shape index (κ3) is 2.82. The monoisotopic (exact) mass is 274 g/mol. The molecular formula is C15H18N2O3. The average Bonchev–Trinajstić information content (AvgIpc) is 2.90. The van der Waals surface area contributed by atoms with E-state index in [1.54, 1.807) is 25.1 Å². The van der Waals surface area contributed by atoms with Crippen LogP contribution in [-0.4, -0.2) is 29.8 Å². The molecule has 0 atom stereocenters. The molecule has 1 aromatic carbocycles. The van der Waals surface area contributed by atoms with Crippen molar-refractivity contribution < 1.29 is 14.3 Å². The summed E-state index contributed by atoms with van der Waals surface area (Å²) < 4.78 is 12.0. The molecule has 0 bridgehead atoms. The summed E-state index contributed by atoms with van der Waals surface area (Å²) in [5.41, 5.74) is 1.41. The molecule has 0 aliphatic carbocycles. The number of rotatable bonds is 6. The van der Waals surface area contributed by atoms with Gasteiger partial charge in [0.25, 0.3) is 0 Å². The van der Waals surface area contributed by atoms with Crippen molar-refractivity contribution in [3.05, 3.63) is 41.7 Å². The highest BCUT2D eigenvalue weighted by Crippen LogP contribution is 2.21. The molecular weight excluding hydrogens is 256 g/mol. The summed E-state index contributed by atoms with van der Waals surface area (Å²) in [5.74, 6) is 1.24. The zero-order valence-electron chi connectivity index (χ0n) is 11.9. The van der Waals surface area contributed by atoms with Crippen LogP contribution in [0.1, 0.15) is 23.0 Å². The minimum Gasteiger partial charge on any atom is -0.497 e. The lowest BCUT2D eigenvalue weighted by Crippen LogP contribution is -2.13. The molecule has 0 saturated carbocycles. The Morgan fingerprint density at radius 1 is 1.30 bits per heavy atom. The van der Waals surface area contributed by atoms with Gasteiger partial charge in [-0.15, -0.1) is 0 Å². The van der Waals surface area contributed by atoms with Crippen LogP contribution >= 0.6 is 0 Å². The molecule has 5 heteroatoms. The molecule has 0 aliphatic heterocycles. The highest BCUT2D eigenvalue weighted by molar-refractivity contribution is 5.98. The number of Topliss-reactive ketones (excluding diaryl/α,β-unsaturated/α-hetero) is 1. The Morgan fingerprint density at radius 2 is 2.10 bits per heavy atom. The lowest BCUT2D eigenvalue weighted by molar-refractivity contribution is 0.0979. The summed E-state index contributed by atoms with van der Waals surface area (Å²) >= 11 is 0. The van der Waals surface area contributed by atoms with Gasteiger partial charge in [-0.1, -0.05) is 12.1 Å². The lowest BCUT2D eigenvalue weighted by Gasteiger charge is -2.07. The highest BCUT2D eigenvalue weighted by Gasteiger charge is 2.19. The van der Waals surface area contributed by atoms with Crippen LogP contribution in [0.3, 0.4) is 0 Å². The predicted octanol–water partition coefficient (Wildman–Crippen LogP) is 2.35. The summed E-state index contributed by atoms with van der Waals surface area (Å²) in [4.78, 5) is 12.5. The van der Waals surface area contributed by atoms with E-state index in [0.29, 0.717) is 24.4 Å². The molecule has 20 heavy (non-hydrogen) atoms. The molecule has 1 aromatic heterocycles.